The Morgan fingerprint density at radius 3 is 2.81 bits per heavy atom. The molecule has 1 amide bonds. The van der Waals surface area contributed by atoms with E-state index in [0.717, 1.165) is 6.42 Å². The van der Waals surface area contributed by atoms with Gasteiger partial charge in [0.15, 0.2) is 11.5 Å². The summed E-state index contributed by atoms with van der Waals surface area (Å²) in [7, 11) is 1.33. The van der Waals surface area contributed by atoms with Crippen LogP contribution in [0, 0.1) is 0 Å². The minimum Gasteiger partial charge on any atom is -0.485 e. The van der Waals surface area contributed by atoms with Gasteiger partial charge in [0, 0.05) is 6.54 Å². The molecule has 0 radical (unpaired) electrons. The Balaban J connectivity index is 1.73. The summed E-state index contributed by atoms with van der Waals surface area (Å²) in [6, 6.07) is 6.71. The van der Waals surface area contributed by atoms with Gasteiger partial charge in [0.2, 0.25) is 6.10 Å². The Kier molecular flexibility index (Phi) is 3.68. The molecule has 1 aromatic rings. The molecular weight excluding hydrogens is 274 g/mol. The second-order valence-corrected chi connectivity index (χ2v) is 5.08. The van der Waals surface area contributed by atoms with Gasteiger partial charge >= 0.3 is 5.97 Å². The van der Waals surface area contributed by atoms with Crippen LogP contribution in [0.15, 0.2) is 24.3 Å². The fraction of sp³-hybridized carbons (Fsp3) is 0.467. The van der Waals surface area contributed by atoms with Crippen LogP contribution < -0.4 is 9.47 Å². The molecule has 2 heterocycles. The molecule has 2 aliphatic rings. The summed E-state index contributed by atoms with van der Waals surface area (Å²) < 4.78 is 16.0. The Hall–Kier alpha value is -2.24. The van der Waals surface area contributed by atoms with Crippen molar-refractivity contribution in [1.29, 1.82) is 0 Å². The van der Waals surface area contributed by atoms with Gasteiger partial charge in [-0.3, -0.25) is 4.79 Å². The number of carbonyl (C=O) groups excluding carboxylic acids is 2. The van der Waals surface area contributed by atoms with Crippen LogP contribution in [0.5, 0.6) is 11.5 Å². The molecule has 21 heavy (non-hydrogen) atoms. The van der Waals surface area contributed by atoms with Gasteiger partial charge < -0.3 is 19.1 Å². The minimum absolute atomic E-state index is 0.153. The maximum Gasteiger partial charge on any atom is 0.328 e. The van der Waals surface area contributed by atoms with Gasteiger partial charge in [0.25, 0.3) is 5.91 Å². The molecule has 112 valence electrons. The highest BCUT2D eigenvalue weighted by Gasteiger charge is 2.40. The number of para-hydroxylation sites is 2. The van der Waals surface area contributed by atoms with Crippen LogP contribution in [0.25, 0.3) is 0 Å². The second kappa shape index (κ2) is 5.63. The molecule has 0 aromatic heterocycles. The minimum atomic E-state index is -0.717. The van der Waals surface area contributed by atoms with Crippen LogP contribution in [0.1, 0.15) is 12.8 Å². The Morgan fingerprint density at radius 2 is 2.05 bits per heavy atom. The van der Waals surface area contributed by atoms with Crippen molar-refractivity contribution in [1.82, 2.24) is 4.90 Å². The van der Waals surface area contributed by atoms with Crippen LogP contribution in [-0.4, -0.2) is 49.2 Å². The zero-order chi connectivity index (χ0) is 14.8. The number of hydrogen-bond donors (Lipinski definition) is 0. The first kappa shape index (κ1) is 13.7. The van der Waals surface area contributed by atoms with E-state index in [0.29, 0.717) is 24.5 Å². The summed E-state index contributed by atoms with van der Waals surface area (Å²) in [5.74, 6) is 0.582. The van der Waals surface area contributed by atoms with Crippen molar-refractivity contribution in [2.24, 2.45) is 0 Å². The van der Waals surface area contributed by atoms with Gasteiger partial charge in [-0.25, -0.2) is 4.79 Å². The molecule has 3 rings (SSSR count). The molecule has 0 aliphatic carbocycles. The molecule has 1 fully saturated rings. The van der Waals surface area contributed by atoms with Gasteiger partial charge in [0.05, 0.1) is 7.11 Å². The monoisotopic (exact) mass is 291 g/mol. The van der Waals surface area contributed by atoms with Gasteiger partial charge in [-0.1, -0.05) is 12.1 Å². The molecule has 6 heteroatoms. The number of ether oxygens (including phenoxy) is 3. The smallest absolute Gasteiger partial charge is 0.328 e. The lowest BCUT2D eigenvalue weighted by Crippen LogP contribution is -2.50. The van der Waals surface area contributed by atoms with Crippen LogP contribution in [0.2, 0.25) is 0 Å². The molecule has 2 aliphatic heterocycles. The molecule has 1 saturated heterocycles. The number of benzene rings is 1. The Bertz CT molecular complexity index is 559. The van der Waals surface area contributed by atoms with Gasteiger partial charge in [-0.2, -0.15) is 0 Å². The van der Waals surface area contributed by atoms with Crippen LogP contribution in [0.4, 0.5) is 0 Å². The quantitative estimate of drug-likeness (QED) is 0.760. The summed E-state index contributed by atoms with van der Waals surface area (Å²) in [5, 5.41) is 0. The van der Waals surface area contributed by atoms with Crippen LogP contribution in [0.3, 0.4) is 0 Å². The normalized spacial score (nSPS) is 23.8. The molecule has 0 bridgehead atoms. The fourth-order valence-electron chi connectivity index (χ4n) is 2.74. The number of methoxy groups -OCH3 is 1. The van der Waals surface area contributed by atoms with Crippen molar-refractivity contribution in [3.63, 3.8) is 0 Å². The maximum atomic E-state index is 12.6. The second-order valence-electron chi connectivity index (χ2n) is 5.08. The van der Waals surface area contributed by atoms with E-state index in [9.17, 15) is 9.59 Å². The summed E-state index contributed by atoms with van der Waals surface area (Å²) >= 11 is 0. The van der Waals surface area contributed by atoms with E-state index in [4.69, 9.17) is 14.2 Å². The Morgan fingerprint density at radius 1 is 1.29 bits per heavy atom. The van der Waals surface area contributed by atoms with Crippen molar-refractivity contribution in [2.75, 3.05) is 20.3 Å². The number of hydrogen-bond acceptors (Lipinski definition) is 5. The molecular formula is C15H17NO5. The molecule has 0 saturated carbocycles. The lowest BCUT2D eigenvalue weighted by atomic mass is 10.2. The summed E-state index contributed by atoms with van der Waals surface area (Å²) in [5.41, 5.74) is 0. The predicted octanol–water partition coefficient (Wildman–Crippen LogP) is 0.990. The van der Waals surface area contributed by atoms with Crippen molar-refractivity contribution < 1.29 is 23.8 Å². The molecule has 2 atom stereocenters. The number of esters is 1. The Labute approximate surface area is 122 Å². The highest BCUT2D eigenvalue weighted by atomic mass is 16.6. The van der Waals surface area contributed by atoms with Crippen LogP contribution in [-0.2, 0) is 14.3 Å². The third-order valence-corrected chi connectivity index (χ3v) is 3.79. The molecule has 0 N–H and O–H groups in total. The van der Waals surface area contributed by atoms with Crippen molar-refractivity contribution in [3.8, 4) is 11.5 Å². The van der Waals surface area contributed by atoms with E-state index in [2.05, 4.69) is 0 Å². The third kappa shape index (κ3) is 2.53. The van der Waals surface area contributed by atoms with E-state index in [1.54, 1.807) is 12.1 Å². The average molecular weight is 291 g/mol. The van der Waals surface area contributed by atoms with Crippen molar-refractivity contribution in [3.05, 3.63) is 24.3 Å². The topological polar surface area (TPSA) is 65.1 Å². The van der Waals surface area contributed by atoms with E-state index in [1.165, 1.54) is 12.0 Å². The van der Waals surface area contributed by atoms with Gasteiger partial charge in [-0.05, 0) is 25.0 Å². The average Bonchev–Trinajstić information content (AvgIpc) is 3.02. The lowest BCUT2D eigenvalue weighted by Gasteiger charge is -2.30. The van der Waals surface area contributed by atoms with Crippen molar-refractivity contribution in [2.45, 2.75) is 25.0 Å². The van der Waals surface area contributed by atoms with E-state index < -0.39 is 12.1 Å². The highest BCUT2D eigenvalue weighted by Crippen LogP contribution is 2.32. The zero-order valence-corrected chi connectivity index (χ0v) is 11.8. The van der Waals surface area contributed by atoms with Gasteiger partial charge in [-0.15, -0.1) is 0 Å². The molecule has 6 nitrogen and oxygen atoms in total. The number of nitrogens with zero attached hydrogens (tertiary/aromatic N) is 1. The number of likely N-dealkylation sites (tertiary alicyclic amines) is 1. The third-order valence-electron chi connectivity index (χ3n) is 3.79. The maximum absolute atomic E-state index is 12.6. The predicted molar refractivity (Wildman–Crippen MR) is 73.1 cm³/mol. The molecule has 2 unspecified atom stereocenters. The standard InChI is InChI=1S/C15H17NO5/c1-19-15(18)10-5-4-8-16(10)14(17)13-9-20-11-6-2-3-7-12(11)21-13/h2-3,6-7,10,13H,4-5,8-9H2,1H3. The number of carbonyl (C=O) groups is 2. The summed E-state index contributed by atoms with van der Waals surface area (Å²) in [6.45, 7) is 0.695. The number of amides is 1. The summed E-state index contributed by atoms with van der Waals surface area (Å²) in [4.78, 5) is 25.8. The van der Waals surface area contributed by atoms with Crippen LogP contribution >= 0.6 is 0 Å². The van der Waals surface area contributed by atoms with Gasteiger partial charge in [0.1, 0.15) is 12.6 Å². The zero-order valence-electron chi connectivity index (χ0n) is 11.8. The van der Waals surface area contributed by atoms with E-state index in [-0.39, 0.29) is 18.5 Å². The first-order valence-corrected chi connectivity index (χ1v) is 6.97. The number of rotatable bonds is 2. The summed E-state index contributed by atoms with van der Waals surface area (Å²) in [6.07, 6.45) is 0.697. The molecule has 1 aromatic carbocycles. The molecule has 0 spiro atoms. The first-order valence-electron chi connectivity index (χ1n) is 6.97. The first-order chi connectivity index (χ1) is 10.2. The van der Waals surface area contributed by atoms with E-state index >= 15 is 0 Å². The fourth-order valence-corrected chi connectivity index (χ4v) is 2.74. The number of fused-ring (bicyclic) bond motifs is 1. The highest BCUT2D eigenvalue weighted by molar-refractivity contribution is 5.88. The van der Waals surface area contributed by atoms with Crippen molar-refractivity contribution >= 4 is 11.9 Å². The largest absolute Gasteiger partial charge is 0.485 e. The lowest BCUT2D eigenvalue weighted by molar-refractivity contribution is -0.154. The van der Waals surface area contributed by atoms with E-state index in [1.807, 2.05) is 12.1 Å². The SMILES string of the molecule is COC(=O)C1CCCN1C(=O)C1COc2ccccc2O1.